The summed E-state index contributed by atoms with van der Waals surface area (Å²) < 4.78 is 5.58. The number of aryl methyl sites for hydroxylation is 2. The van der Waals surface area contributed by atoms with Crippen molar-refractivity contribution in [2.75, 3.05) is 26.8 Å². The first-order valence-corrected chi connectivity index (χ1v) is 7.14. The fourth-order valence-corrected chi connectivity index (χ4v) is 3.29. The van der Waals surface area contributed by atoms with Crippen LogP contribution in [0.5, 0.6) is 5.75 Å². The fraction of sp³-hybridized carbons (Fsp3) is 0.625. The number of piperidine rings is 1. The zero-order valence-corrected chi connectivity index (χ0v) is 12.2. The lowest BCUT2D eigenvalue weighted by molar-refractivity contribution is 0.198. The van der Waals surface area contributed by atoms with Gasteiger partial charge >= 0.3 is 0 Å². The molecule has 1 unspecified atom stereocenters. The number of ether oxygens (including phenoxy) is 1. The van der Waals surface area contributed by atoms with Crippen LogP contribution in [0.4, 0.5) is 0 Å². The van der Waals surface area contributed by atoms with Gasteiger partial charge in [-0.15, -0.1) is 0 Å². The van der Waals surface area contributed by atoms with Crippen LogP contribution in [0.15, 0.2) is 12.1 Å². The van der Waals surface area contributed by atoms with Gasteiger partial charge in [0.1, 0.15) is 5.75 Å². The maximum atomic E-state index is 9.86. The van der Waals surface area contributed by atoms with Crippen molar-refractivity contribution >= 4 is 0 Å². The topological polar surface area (TPSA) is 41.5 Å². The first kappa shape index (κ1) is 14.4. The Bertz CT molecular complexity index is 425. The average Bonchev–Trinajstić information content (AvgIpc) is 2.40. The van der Waals surface area contributed by atoms with Crippen LogP contribution >= 0.6 is 0 Å². The van der Waals surface area contributed by atoms with E-state index in [1.165, 1.54) is 11.1 Å². The molecule has 0 bridgehead atoms. The van der Waals surface area contributed by atoms with E-state index in [0.29, 0.717) is 5.92 Å². The molecule has 2 N–H and O–H groups in total. The van der Waals surface area contributed by atoms with Gasteiger partial charge in [-0.1, -0.05) is 17.7 Å². The Morgan fingerprint density at radius 3 is 2.58 bits per heavy atom. The largest absolute Gasteiger partial charge is 0.496 e. The smallest absolute Gasteiger partial charge is 0.125 e. The number of methoxy groups -OCH3 is 1. The third-order valence-corrected chi connectivity index (χ3v) is 4.20. The molecule has 106 valence electrons. The van der Waals surface area contributed by atoms with Gasteiger partial charge < -0.3 is 15.2 Å². The molecule has 1 aliphatic heterocycles. The van der Waals surface area contributed by atoms with Gasteiger partial charge in [-0.3, -0.25) is 0 Å². The molecule has 0 spiro atoms. The van der Waals surface area contributed by atoms with Crippen LogP contribution < -0.4 is 10.1 Å². The van der Waals surface area contributed by atoms with Crippen LogP contribution in [0.3, 0.4) is 0 Å². The summed E-state index contributed by atoms with van der Waals surface area (Å²) in [6.45, 7) is 6.48. The molecule has 1 aromatic rings. The van der Waals surface area contributed by atoms with E-state index in [1.807, 2.05) is 0 Å². The second kappa shape index (κ2) is 6.40. The van der Waals surface area contributed by atoms with E-state index < -0.39 is 0 Å². The van der Waals surface area contributed by atoms with E-state index in [0.717, 1.165) is 37.2 Å². The minimum Gasteiger partial charge on any atom is -0.496 e. The van der Waals surface area contributed by atoms with Gasteiger partial charge in [0.15, 0.2) is 0 Å². The van der Waals surface area contributed by atoms with E-state index in [9.17, 15) is 5.11 Å². The van der Waals surface area contributed by atoms with Crippen molar-refractivity contribution in [2.24, 2.45) is 5.92 Å². The Balaban J connectivity index is 2.36. The minimum absolute atomic E-state index is 0.190. The van der Waals surface area contributed by atoms with Gasteiger partial charge in [-0.25, -0.2) is 0 Å². The van der Waals surface area contributed by atoms with Gasteiger partial charge in [0, 0.05) is 11.5 Å². The summed E-state index contributed by atoms with van der Waals surface area (Å²) in [6, 6.07) is 4.31. The highest BCUT2D eigenvalue weighted by molar-refractivity contribution is 5.46. The van der Waals surface area contributed by atoms with Gasteiger partial charge in [0.2, 0.25) is 0 Å². The normalized spacial score (nSPS) is 18.3. The van der Waals surface area contributed by atoms with Gasteiger partial charge in [-0.05, 0) is 51.3 Å². The van der Waals surface area contributed by atoms with E-state index in [-0.39, 0.29) is 12.5 Å². The molecule has 19 heavy (non-hydrogen) atoms. The predicted molar refractivity (Wildman–Crippen MR) is 77.9 cm³/mol. The van der Waals surface area contributed by atoms with E-state index in [1.54, 1.807) is 7.11 Å². The third kappa shape index (κ3) is 3.10. The lowest BCUT2D eigenvalue weighted by Gasteiger charge is -2.31. The second-order valence-electron chi connectivity index (χ2n) is 5.58. The SMILES string of the molecule is COc1c(C)cc(C)cc1C(CO)C1CCNCC1. The molecule has 2 rings (SSSR count). The van der Waals surface area contributed by atoms with Crippen LogP contribution in [0.25, 0.3) is 0 Å². The van der Waals surface area contributed by atoms with Gasteiger partial charge in [0.05, 0.1) is 13.7 Å². The predicted octanol–water partition coefficient (Wildman–Crippen LogP) is 2.39. The highest BCUT2D eigenvalue weighted by Crippen LogP contribution is 2.38. The molecule has 1 aromatic carbocycles. The highest BCUT2D eigenvalue weighted by Gasteiger charge is 2.27. The molecule has 0 aromatic heterocycles. The lowest BCUT2D eigenvalue weighted by Crippen LogP contribution is -2.32. The molecule has 1 atom stereocenters. The van der Waals surface area contributed by atoms with Crippen molar-refractivity contribution in [2.45, 2.75) is 32.6 Å². The van der Waals surface area contributed by atoms with E-state index in [2.05, 4.69) is 31.3 Å². The number of nitrogens with one attached hydrogen (secondary N) is 1. The van der Waals surface area contributed by atoms with Crippen molar-refractivity contribution < 1.29 is 9.84 Å². The summed E-state index contributed by atoms with van der Waals surface area (Å²) in [7, 11) is 1.72. The summed E-state index contributed by atoms with van der Waals surface area (Å²) in [5.41, 5.74) is 3.57. The van der Waals surface area contributed by atoms with Crippen molar-refractivity contribution in [1.29, 1.82) is 0 Å². The minimum atomic E-state index is 0.190. The molecule has 1 saturated heterocycles. The summed E-state index contributed by atoms with van der Waals surface area (Å²) in [6.07, 6.45) is 2.25. The number of benzene rings is 1. The summed E-state index contributed by atoms with van der Waals surface area (Å²) in [4.78, 5) is 0. The number of hydrogen-bond acceptors (Lipinski definition) is 3. The molecular formula is C16H25NO2. The van der Waals surface area contributed by atoms with Crippen LogP contribution in [0.1, 0.15) is 35.4 Å². The molecule has 1 fully saturated rings. The standard InChI is InChI=1S/C16H25NO2/c1-11-8-12(2)16(19-3)14(9-11)15(10-18)13-4-6-17-7-5-13/h8-9,13,15,17-18H,4-7,10H2,1-3H3. The molecular weight excluding hydrogens is 238 g/mol. The van der Waals surface area contributed by atoms with Crippen molar-refractivity contribution in [3.63, 3.8) is 0 Å². The first-order chi connectivity index (χ1) is 9.17. The monoisotopic (exact) mass is 263 g/mol. The van der Waals surface area contributed by atoms with E-state index >= 15 is 0 Å². The average molecular weight is 263 g/mol. The summed E-state index contributed by atoms with van der Waals surface area (Å²) in [5, 5.41) is 13.2. The molecule has 0 saturated carbocycles. The maximum Gasteiger partial charge on any atom is 0.125 e. The second-order valence-corrected chi connectivity index (χ2v) is 5.58. The number of aliphatic hydroxyl groups excluding tert-OH is 1. The number of aliphatic hydroxyl groups is 1. The zero-order valence-electron chi connectivity index (χ0n) is 12.2. The molecule has 1 aliphatic rings. The molecule has 0 amide bonds. The van der Waals surface area contributed by atoms with Crippen LogP contribution in [-0.2, 0) is 0 Å². The molecule has 0 aliphatic carbocycles. The summed E-state index contributed by atoms with van der Waals surface area (Å²) >= 11 is 0. The van der Waals surface area contributed by atoms with Crippen LogP contribution in [0, 0.1) is 19.8 Å². The molecule has 1 heterocycles. The molecule has 0 radical (unpaired) electrons. The molecule has 3 nitrogen and oxygen atoms in total. The number of rotatable bonds is 4. The Hall–Kier alpha value is -1.06. The summed E-state index contributed by atoms with van der Waals surface area (Å²) in [5.74, 6) is 1.68. The Labute approximate surface area is 116 Å². The van der Waals surface area contributed by atoms with Crippen molar-refractivity contribution in [3.05, 3.63) is 28.8 Å². The Kier molecular flexibility index (Phi) is 4.83. The van der Waals surface area contributed by atoms with Crippen LogP contribution in [0.2, 0.25) is 0 Å². The van der Waals surface area contributed by atoms with Crippen LogP contribution in [-0.4, -0.2) is 31.9 Å². The Morgan fingerprint density at radius 1 is 1.32 bits per heavy atom. The zero-order chi connectivity index (χ0) is 13.8. The lowest BCUT2D eigenvalue weighted by atomic mass is 9.79. The third-order valence-electron chi connectivity index (χ3n) is 4.20. The fourth-order valence-electron chi connectivity index (χ4n) is 3.29. The maximum absolute atomic E-state index is 9.86. The van der Waals surface area contributed by atoms with Gasteiger partial charge in [-0.2, -0.15) is 0 Å². The van der Waals surface area contributed by atoms with Crippen molar-refractivity contribution in [3.8, 4) is 5.75 Å². The van der Waals surface area contributed by atoms with E-state index in [4.69, 9.17) is 4.74 Å². The Morgan fingerprint density at radius 2 is 2.00 bits per heavy atom. The van der Waals surface area contributed by atoms with Crippen molar-refractivity contribution in [1.82, 2.24) is 5.32 Å². The van der Waals surface area contributed by atoms with Gasteiger partial charge in [0.25, 0.3) is 0 Å². The quantitative estimate of drug-likeness (QED) is 0.876. The molecule has 3 heteroatoms. The first-order valence-electron chi connectivity index (χ1n) is 7.14. The number of hydrogen-bond donors (Lipinski definition) is 2. The highest BCUT2D eigenvalue weighted by atomic mass is 16.5.